The van der Waals surface area contributed by atoms with Crippen molar-refractivity contribution in [2.24, 2.45) is 0 Å². The van der Waals surface area contributed by atoms with Crippen molar-refractivity contribution in [3.8, 4) is 11.5 Å². The number of carbonyl (C=O) groups excluding carboxylic acids is 2. The number of benzene rings is 3. The first-order valence-electron chi connectivity index (χ1n) is 15.6. The second-order valence-electron chi connectivity index (χ2n) is 11.3. The number of carbonyl (C=O) groups is 2. The number of halogens is 3. The number of hydrogen-bond donors (Lipinski definition) is 3. The third-order valence-corrected chi connectivity index (χ3v) is 9.06. The van der Waals surface area contributed by atoms with Gasteiger partial charge in [0.1, 0.15) is 19.0 Å². The predicted octanol–water partition coefficient (Wildman–Crippen LogP) is 6.30. The SMILES string of the molecule is CNC(=O)OCCc1ccc(Cl)c(CN(C(=O)C2=C(c3ccc(OCCOc4c(Cl)cccc4Cl)cc3)CCNC2CO)C2CC2)c1. The topological polar surface area (TPSA) is 109 Å². The molecule has 3 aromatic carbocycles. The number of aliphatic hydroxyl groups is 1. The monoisotopic (exact) mass is 701 g/mol. The van der Waals surface area contributed by atoms with E-state index in [4.69, 9.17) is 49.0 Å². The van der Waals surface area contributed by atoms with Crippen LogP contribution in [0.25, 0.3) is 5.57 Å². The van der Waals surface area contributed by atoms with Crippen molar-refractivity contribution < 1.29 is 28.9 Å². The number of nitrogens with one attached hydrogen (secondary N) is 2. The van der Waals surface area contributed by atoms with Crippen LogP contribution < -0.4 is 20.1 Å². The fraction of sp³-hybridized carbons (Fsp3) is 0.371. The molecule has 1 unspecified atom stereocenters. The number of rotatable bonds is 14. The molecule has 1 heterocycles. The highest BCUT2D eigenvalue weighted by Crippen LogP contribution is 2.36. The first kappa shape index (κ1) is 34.9. The minimum atomic E-state index is -0.499. The summed E-state index contributed by atoms with van der Waals surface area (Å²) >= 11 is 19.0. The third kappa shape index (κ3) is 9.12. The zero-order chi connectivity index (χ0) is 33.3. The molecule has 0 saturated heterocycles. The summed E-state index contributed by atoms with van der Waals surface area (Å²) in [6.45, 7) is 1.52. The average Bonchev–Trinajstić information content (AvgIpc) is 3.93. The maximum absolute atomic E-state index is 14.4. The van der Waals surface area contributed by atoms with E-state index in [2.05, 4.69) is 10.6 Å². The maximum atomic E-state index is 14.4. The lowest BCUT2D eigenvalue weighted by Crippen LogP contribution is -2.46. The molecule has 3 N–H and O–H groups in total. The van der Waals surface area contributed by atoms with Crippen molar-refractivity contribution in [3.05, 3.63) is 98.0 Å². The highest BCUT2D eigenvalue weighted by atomic mass is 35.5. The van der Waals surface area contributed by atoms with Crippen molar-refractivity contribution in [1.29, 1.82) is 0 Å². The van der Waals surface area contributed by atoms with E-state index in [1.807, 2.05) is 47.4 Å². The number of aliphatic hydroxyl groups excluding tert-OH is 1. The summed E-state index contributed by atoms with van der Waals surface area (Å²) in [5.74, 6) is 0.957. The maximum Gasteiger partial charge on any atom is 0.406 e. The Morgan fingerprint density at radius 3 is 2.36 bits per heavy atom. The summed E-state index contributed by atoms with van der Waals surface area (Å²) in [7, 11) is 1.51. The molecule has 2 aliphatic rings. The Labute approximate surface area is 289 Å². The Bertz CT molecular complexity index is 1580. The van der Waals surface area contributed by atoms with Gasteiger partial charge < -0.3 is 34.9 Å². The molecular formula is C35H38Cl3N3O6. The molecule has 1 atom stereocenters. The lowest BCUT2D eigenvalue weighted by molar-refractivity contribution is -0.128. The second-order valence-corrected chi connectivity index (χ2v) is 12.6. The Balaban J connectivity index is 1.30. The zero-order valence-corrected chi connectivity index (χ0v) is 28.3. The predicted molar refractivity (Wildman–Crippen MR) is 183 cm³/mol. The van der Waals surface area contributed by atoms with E-state index in [0.717, 1.165) is 35.1 Å². The quantitative estimate of drug-likeness (QED) is 0.169. The number of para-hydroxylation sites is 1. The molecule has 0 aromatic heterocycles. The van der Waals surface area contributed by atoms with E-state index in [9.17, 15) is 14.7 Å². The Kier molecular flexibility index (Phi) is 12.3. The molecule has 47 heavy (non-hydrogen) atoms. The van der Waals surface area contributed by atoms with Gasteiger partial charge in [0.15, 0.2) is 5.75 Å². The number of amides is 2. The molecule has 1 fully saturated rings. The molecule has 12 heteroatoms. The van der Waals surface area contributed by atoms with Crippen LogP contribution in [0, 0.1) is 0 Å². The van der Waals surface area contributed by atoms with Crippen LogP contribution >= 0.6 is 34.8 Å². The number of nitrogens with zero attached hydrogens (tertiary/aromatic N) is 1. The Hall–Kier alpha value is -3.47. The molecular weight excluding hydrogens is 665 g/mol. The minimum absolute atomic E-state index is 0.0902. The summed E-state index contributed by atoms with van der Waals surface area (Å²) in [4.78, 5) is 27.7. The normalized spacial score (nSPS) is 16.1. The van der Waals surface area contributed by atoms with E-state index >= 15 is 0 Å². The lowest BCUT2D eigenvalue weighted by Gasteiger charge is -2.33. The largest absolute Gasteiger partial charge is 0.490 e. The van der Waals surface area contributed by atoms with Gasteiger partial charge in [-0.1, -0.05) is 65.1 Å². The number of hydrogen-bond acceptors (Lipinski definition) is 7. The molecule has 0 spiro atoms. The summed E-state index contributed by atoms with van der Waals surface area (Å²) in [5, 5.41) is 17.5. The zero-order valence-electron chi connectivity index (χ0n) is 26.1. The van der Waals surface area contributed by atoms with Gasteiger partial charge in [-0.2, -0.15) is 0 Å². The van der Waals surface area contributed by atoms with Crippen molar-refractivity contribution in [3.63, 3.8) is 0 Å². The Morgan fingerprint density at radius 1 is 0.957 bits per heavy atom. The van der Waals surface area contributed by atoms with Gasteiger partial charge in [-0.3, -0.25) is 4.79 Å². The first-order chi connectivity index (χ1) is 22.8. The van der Waals surface area contributed by atoms with E-state index in [-0.39, 0.29) is 38.4 Å². The van der Waals surface area contributed by atoms with Crippen LogP contribution in [-0.4, -0.2) is 74.1 Å². The van der Waals surface area contributed by atoms with Crippen LogP contribution in [0.4, 0.5) is 4.79 Å². The molecule has 3 aromatic rings. The number of alkyl carbamates (subject to hydrolysis) is 1. The summed E-state index contributed by atoms with van der Waals surface area (Å²) in [6.07, 6.45) is 2.47. The average molecular weight is 703 g/mol. The van der Waals surface area contributed by atoms with Crippen molar-refractivity contribution in [1.82, 2.24) is 15.5 Å². The summed E-state index contributed by atoms with van der Waals surface area (Å²) < 4.78 is 16.7. The smallest absolute Gasteiger partial charge is 0.406 e. The highest BCUT2D eigenvalue weighted by Gasteiger charge is 2.38. The van der Waals surface area contributed by atoms with Gasteiger partial charge in [-0.05, 0) is 78.4 Å². The van der Waals surface area contributed by atoms with Crippen LogP contribution in [0.5, 0.6) is 11.5 Å². The molecule has 250 valence electrons. The van der Waals surface area contributed by atoms with E-state index in [0.29, 0.717) is 58.1 Å². The van der Waals surface area contributed by atoms with Gasteiger partial charge >= 0.3 is 6.09 Å². The van der Waals surface area contributed by atoms with Crippen LogP contribution in [0.3, 0.4) is 0 Å². The molecule has 2 amide bonds. The van der Waals surface area contributed by atoms with Gasteiger partial charge in [-0.25, -0.2) is 4.79 Å². The van der Waals surface area contributed by atoms with E-state index < -0.39 is 12.1 Å². The van der Waals surface area contributed by atoms with E-state index in [1.165, 1.54) is 7.05 Å². The van der Waals surface area contributed by atoms with Gasteiger partial charge in [0.2, 0.25) is 0 Å². The van der Waals surface area contributed by atoms with Crippen molar-refractivity contribution in [2.75, 3.05) is 40.0 Å². The fourth-order valence-electron chi connectivity index (χ4n) is 5.56. The van der Waals surface area contributed by atoms with E-state index in [1.54, 1.807) is 18.2 Å². The molecule has 0 bridgehead atoms. The van der Waals surface area contributed by atoms with Crippen molar-refractivity contribution in [2.45, 2.75) is 44.3 Å². The number of ether oxygens (including phenoxy) is 3. The van der Waals surface area contributed by atoms with Crippen LogP contribution in [0.2, 0.25) is 15.1 Å². The van der Waals surface area contributed by atoms with Gasteiger partial charge in [-0.15, -0.1) is 0 Å². The van der Waals surface area contributed by atoms with Gasteiger partial charge in [0, 0.05) is 36.7 Å². The first-order valence-corrected chi connectivity index (χ1v) is 16.7. The summed E-state index contributed by atoms with van der Waals surface area (Å²) in [5.41, 5.74) is 4.12. The fourth-order valence-corrected chi connectivity index (χ4v) is 6.24. The third-order valence-electron chi connectivity index (χ3n) is 8.10. The lowest BCUT2D eigenvalue weighted by atomic mass is 9.88. The van der Waals surface area contributed by atoms with Crippen LogP contribution in [0.1, 0.15) is 36.0 Å². The molecule has 0 radical (unpaired) electrons. The summed E-state index contributed by atoms with van der Waals surface area (Å²) in [6, 6.07) is 18.0. The van der Waals surface area contributed by atoms with Gasteiger partial charge in [0.05, 0.1) is 29.3 Å². The van der Waals surface area contributed by atoms with Crippen LogP contribution in [0.15, 0.2) is 66.2 Å². The standard InChI is InChI=1S/C35H38Cl3N3O6/c1-39-35(44)47-16-14-22-5-12-28(36)24(19-22)20-41(25-8-9-25)34(43)32-27(13-15-40-31(32)21-42)23-6-10-26(11-7-23)45-17-18-46-33-29(37)3-2-4-30(33)38/h2-7,10-12,19,25,31,40,42H,8-9,13-18,20-21H2,1H3,(H,39,44). The van der Waals surface area contributed by atoms with Crippen LogP contribution in [-0.2, 0) is 22.5 Å². The molecule has 1 aliphatic heterocycles. The molecule has 1 saturated carbocycles. The van der Waals surface area contributed by atoms with Gasteiger partial charge in [0.25, 0.3) is 5.91 Å². The molecule has 5 rings (SSSR count). The minimum Gasteiger partial charge on any atom is -0.490 e. The Morgan fingerprint density at radius 2 is 1.68 bits per heavy atom. The van der Waals surface area contributed by atoms with Crippen molar-refractivity contribution >= 4 is 52.4 Å². The molecule has 1 aliphatic carbocycles. The second kappa shape index (κ2) is 16.6. The highest BCUT2D eigenvalue weighted by molar-refractivity contribution is 6.37. The molecule has 9 nitrogen and oxygen atoms in total.